The zero-order valence-corrected chi connectivity index (χ0v) is 18.6. The molecule has 0 unspecified atom stereocenters. The highest BCUT2D eigenvalue weighted by Gasteiger charge is 2.57. The highest BCUT2D eigenvalue weighted by Crippen LogP contribution is 2.53. The summed E-state index contributed by atoms with van der Waals surface area (Å²) < 4.78 is 6.39. The van der Waals surface area contributed by atoms with Gasteiger partial charge in [0.1, 0.15) is 5.75 Å². The second-order valence-electron chi connectivity index (χ2n) is 8.11. The molecule has 3 aliphatic heterocycles. The molecule has 2 atom stereocenters. The number of ether oxygens (including phenoxy) is 1. The molecular weight excluding hydrogens is 452 g/mol. The molecule has 3 heterocycles. The number of nitrogens with one attached hydrogen (secondary N) is 1. The van der Waals surface area contributed by atoms with Gasteiger partial charge in [0, 0.05) is 24.1 Å². The molecule has 6 rings (SSSR count). The van der Waals surface area contributed by atoms with Gasteiger partial charge in [0.25, 0.3) is 11.6 Å². The Bertz CT molecular complexity index is 1370. The molecule has 8 nitrogen and oxygen atoms in total. The maximum Gasteiger partial charge on any atom is 0.336 e. The topological polar surface area (TPSA) is 97.1 Å². The van der Waals surface area contributed by atoms with E-state index >= 15 is 0 Å². The first-order valence-electron chi connectivity index (χ1n) is 10.7. The number of thioether (sulfide) groups is 1. The minimum absolute atomic E-state index is 0.00273. The fraction of sp³-hybridized carbons (Fsp3) is 0.120. The van der Waals surface area contributed by atoms with E-state index in [-0.39, 0.29) is 17.6 Å². The van der Waals surface area contributed by atoms with Crippen molar-refractivity contribution in [2.45, 2.75) is 17.6 Å². The summed E-state index contributed by atoms with van der Waals surface area (Å²) in [6.45, 7) is 0. The molecule has 1 saturated heterocycles. The van der Waals surface area contributed by atoms with E-state index in [9.17, 15) is 14.9 Å². The van der Waals surface area contributed by atoms with Crippen molar-refractivity contribution < 1.29 is 14.5 Å². The molecule has 3 aliphatic rings. The van der Waals surface area contributed by atoms with Crippen molar-refractivity contribution >= 4 is 35.1 Å². The number of nitro benzene ring substituents is 1. The number of carbonyl (C=O) groups is 1. The number of hydrogen-bond acceptors (Lipinski definition) is 7. The van der Waals surface area contributed by atoms with Gasteiger partial charge in [-0.15, -0.1) is 0 Å². The Morgan fingerprint density at radius 1 is 1.09 bits per heavy atom. The molecule has 168 valence electrons. The SMILES string of the molecule is O=C1N[C@]2(Oc3ccccc3[C@@H]3CC(c4ccccc4)=NN32)S/C1=C\c1ccc([N+](=O)[O-])cc1. The monoisotopic (exact) mass is 470 g/mol. The number of nitro groups is 1. The predicted molar refractivity (Wildman–Crippen MR) is 129 cm³/mol. The van der Waals surface area contributed by atoms with Crippen LogP contribution in [0.15, 0.2) is 88.9 Å². The Balaban J connectivity index is 1.39. The van der Waals surface area contributed by atoms with Crippen LogP contribution >= 0.6 is 11.8 Å². The number of para-hydroxylation sites is 1. The van der Waals surface area contributed by atoms with Crippen molar-refractivity contribution in [2.24, 2.45) is 5.10 Å². The molecular formula is C25H18N4O4S. The summed E-state index contributed by atoms with van der Waals surface area (Å²) in [6, 6.07) is 23.8. The number of nitrogens with zero attached hydrogens (tertiary/aromatic N) is 3. The van der Waals surface area contributed by atoms with Crippen LogP contribution in [0.25, 0.3) is 6.08 Å². The quantitative estimate of drug-likeness (QED) is 0.340. The molecule has 9 heteroatoms. The number of hydrogen-bond donors (Lipinski definition) is 1. The number of fused-ring (bicyclic) bond motifs is 4. The van der Waals surface area contributed by atoms with Crippen molar-refractivity contribution in [3.63, 3.8) is 0 Å². The number of carbonyl (C=O) groups excluding carboxylic acids is 1. The summed E-state index contributed by atoms with van der Waals surface area (Å²) in [7, 11) is 0. The van der Waals surface area contributed by atoms with Crippen molar-refractivity contribution in [2.75, 3.05) is 0 Å². The molecule has 1 fully saturated rings. The molecule has 0 bridgehead atoms. The molecule has 34 heavy (non-hydrogen) atoms. The fourth-order valence-electron chi connectivity index (χ4n) is 4.39. The third-order valence-electron chi connectivity index (χ3n) is 5.99. The lowest BCUT2D eigenvalue weighted by Crippen LogP contribution is -2.58. The average molecular weight is 471 g/mol. The minimum atomic E-state index is -1.22. The van der Waals surface area contributed by atoms with Crippen LogP contribution in [0.3, 0.4) is 0 Å². The van der Waals surface area contributed by atoms with Gasteiger partial charge >= 0.3 is 5.18 Å². The second-order valence-corrected chi connectivity index (χ2v) is 9.31. The van der Waals surface area contributed by atoms with Gasteiger partial charge in [-0.2, -0.15) is 5.10 Å². The number of rotatable bonds is 3. The van der Waals surface area contributed by atoms with Gasteiger partial charge in [-0.3, -0.25) is 20.2 Å². The lowest BCUT2D eigenvalue weighted by molar-refractivity contribution is -0.384. The van der Waals surface area contributed by atoms with Crippen LogP contribution < -0.4 is 10.1 Å². The lowest BCUT2D eigenvalue weighted by atomic mass is 9.97. The van der Waals surface area contributed by atoms with E-state index in [1.54, 1.807) is 18.2 Å². The Morgan fingerprint density at radius 3 is 2.59 bits per heavy atom. The van der Waals surface area contributed by atoms with Crippen LogP contribution in [0.2, 0.25) is 0 Å². The molecule has 1 amide bonds. The van der Waals surface area contributed by atoms with Gasteiger partial charge < -0.3 is 4.74 Å². The minimum Gasteiger partial charge on any atom is -0.439 e. The zero-order valence-electron chi connectivity index (χ0n) is 17.8. The average Bonchev–Trinajstić information content (AvgIpc) is 3.43. The van der Waals surface area contributed by atoms with Gasteiger partial charge in [-0.05, 0) is 47.2 Å². The summed E-state index contributed by atoms with van der Waals surface area (Å²) >= 11 is 1.25. The summed E-state index contributed by atoms with van der Waals surface area (Å²) in [5, 5.41) is 19.5. The van der Waals surface area contributed by atoms with Crippen LogP contribution in [0.5, 0.6) is 5.75 Å². The normalized spacial score (nSPS) is 23.8. The van der Waals surface area contributed by atoms with Crippen molar-refractivity contribution in [3.8, 4) is 5.75 Å². The van der Waals surface area contributed by atoms with E-state index < -0.39 is 10.1 Å². The number of amides is 1. The van der Waals surface area contributed by atoms with Crippen molar-refractivity contribution in [1.82, 2.24) is 10.3 Å². The van der Waals surface area contributed by atoms with E-state index in [1.807, 2.05) is 59.6 Å². The van der Waals surface area contributed by atoms with E-state index in [0.29, 0.717) is 22.6 Å². The van der Waals surface area contributed by atoms with Crippen LogP contribution in [0.4, 0.5) is 5.69 Å². The molecule has 0 aromatic heterocycles. The number of hydrazone groups is 1. The molecule has 0 radical (unpaired) electrons. The maximum absolute atomic E-state index is 13.0. The van der Waals surface area contributed by atoms with Gasteiger partial charge in [-0.25, -0.2) is 5.01 Å². The Labute approximate surface area is 199 Å². The Kier molecular flexibility index (Phi) is 4.66. The third kappa shape index (κ3) is 3.32. The summed E-state index contributed by atoms with van der Waals surface area (Å²) in [5.74, 6) is 0.419. The van der Waals surface area contributed by atoms with E-state index in [2.05, 4.69) is 5.32 Å². The Morgan fingerprint density at radius 2 is 1.82 bits per heavy atom. The van der Waals surface area contributed by atoms with Crippen LogP contribution in [-0.4, -0.2) is 26.7 Å². The molecule has 3 aromatic rings. The van der Waals surface area contributed by atoms with Crippen LogP contribution in [0, 0.1) is 10.1 Å². The highest BCUT2D eigenvalue weighted by molar-refractivity contribution is 8.05. The summed E-state index contributed by atoms with van der Waals surface area (Å²) in [6.07, 6.45) is 2.39. The Hall–Kier alpha value is -4.11. The van der Waals surface area contributed by atoms with Crippen LogP contribution in [-0.2, 0) is 4.79 Å². The molecule has 3 aromatic carbocycles. The molecule has 0 saturated carbocycles. The van der Waals surface area contributed by atoms with E-state index in [0.717, 1.165) is 16.8 Å². The first kappa shape index (κ1) is 20.5. The first-order valence-corrected chi connectivity index (χ1v) is 11.5. The summed E-state index contributed by atoms with van der Waals surface area (Å²) in [4.78, 5) is 23.9. The second kappa shape index (κ2) is 7.74. The largest absolute Gasteiger partial charge is 0.439 e. The number of benzene rings is 3. The summed E-state index contributed by atoms with van der Waals surface area (Å²) in [5.41, 5.74) is 3.65. The van der Waals surface area contributed by atoms with Gasteiger partial charge in [-0.1, -0.05) is 48.5 Å². The fourth-order valence-corrected chi connectivity index (χ4v) is 5.56. The van der Waals surface area contributed by atoms with E-state index in [4.69, 9.17) is 9.84 Å². The maximum atomic E-state index is 13.0. The molecule has 0 aliphatic carbocycles. The van der Waals surface area contributed by atoms with Gasteiger partial charge in [0.2, 0.25) is 0 Å². The standard InChI is InChI=1S/C25H18N4O4S/c30-24-23(14-16-10-12-18(13-11-16)29(31)32)34-25(26-24)28-21(19-8-4-5-9-22(19)33-25)15-20(27-28)17-6-2-1-3-7-17/h1-14,21H,15H2,(H,26,30)/b23-14-/t21-,25-/m0/s1. The third-order valence-corrected chi connectivity index (χ3v) is 7.16. The molecule has 1 spiro atoms. The zero-order chi connectivity index (χ0) is 23.3. The van der Waals surface area contributed by atoms with E-state index in [1.165, 1.54) is 23.9 Å². The van der Waals surface area contributed by atoms with Crippen molar-refractivity contribution in [1.29, 1.82) is 0 Å². The van der Waals surface area contributed by atoms with Gasteiger partial charge in [0.05, 0.1) is 21.6 Å². The van der Waals surface area contributed by atoms with Gasteiger partial charge in [0.15, 0.2) is 0 Å². The molecule has 1 N–H and O–H groups in total. The van der Waals surface area contributed by atoms with Crippen LogP contribution in [0.1, 0.15) is 29.2 Å². The smallest absolute Gasteiger partial charge is 0.336 e. The number of non-ortho nitro benzene ring substituents is 1. The highest BCUT2D eigenvalue weighted by atomic mass is 32.2. The predicted octanol–water partition coefficient (Wildman–Crippen LogP) is 4.65. The lowest BCUT2D eigenvalue weighted by Gasteiger charge is -2.43. The van der Waals surface area contributed by atoms with Crippen molar-refractivity contribution in [3.05, 3.63) is 111 Å². The first-order chi connectivity index (χ1) is 16.5.